The van der Waals surface area contributed by atoms with Gasteiger partial charge in [-0.1, -0.05) is 0 Å². The first kappa shape index (κ1) is 17.4. The van der Waals surface area contributed by atoms with Crippen LogP contribution >= 0.6 is 0 Å². The van der Waals surface area contributed by atoms with Crippen molar-refractivity contribution in [3.05, 3.63) is 46.8 Å². The summed E-state index contributed by atoms with van der Waals surface area (Å²) in [4.78, 5) is 13.4. The molecule has 0 spiro atoms. The van der Waals surface area contributed by atoms with E-state index >= 15 is 0 Å². The van der Waals surface area contributed by atoms with E-state index in [1.165, 1.54) is 11.3 Å². The van der Waals surface area contributed by atoms with Gasteiger partial charge in [-0.2, -0.15) is 5.10 Å². The van der Waals surface area contributed by atoms with E-state index in [0.717, 1.165) is 43.9 Å². The maximum absolute atomic E-state index is 11.0. The van der Waals surface area contributed by atoms with Crippen molar-refractivity contribution in [3.63, 3.8) is 0 Å². The molecule has 1 amide bonds. The highest BCUT2D eigenvalue weighted by Crippen LogP contribution is 2.22. The van der Waals surface area contributed by atoms with Gasteiger partial charge in [0, 0.05) is 49.9 Å². The minimum Gasteiger partial charge on any atom is -0.494 e. The number of carbonyl (C=O) groups excluding carboxylic acids is 1. The third-order valence-electron chi connectivity index (χ3n) is 4.58. The molecule has 7 nitrogen and oxygen atoms in total. The van der Waals surface area contributed by atoms with Crippen LogP contribution < -0.4 is 10.5 Å². The summed E-state index contributed by atoms with van der Waals surface area (Å²) in [5, 5.41) is 13.8. The summed E-state index contributed by atoms with van der Waals surface area (Å²) in [6, 6.07) is 6.86. The third kappa shape index (κ3) is 4.00. The zero-order chi connectivity index (χ0) is 17.8. The third-order valence-corrected chi connectivity index (χ3v) is 4.58. The molecule has 1 aromatic heterocycles. The van der Waals surface area contributed by atoms with Gasteiger partial charge in [0.2, 0.25) is 5.91 Å². The Morgan fingerprint density at radius 3 is 2.80 bits per heavy atom. The van der Waals surface area contributed by atoms with Crippen molar-refractivity contribution < 1.29 is 14.6 Å². The molecule has 1 aliphatic heterocycles. The summed E-state index contributed by atoms with van der Waals surface area (Å²) >= 11 is 0. The van der Waals surface area contributed by atoms with E-state index in [0.29, 0.717) is 12.2 Å². The van der Waals surface area contributed by atoms with Crippen molar-refractivity contribution in [1.82, 2.24) is 14.7 Å². The van der Waals surface area contributed by atoms with Gasteiger partial charge in [0.15, 0.2) is 0 Å². The van der Waals surface area contributed by atoms with E-state index in [1.807, 2.05) is 11.7 Å². The van der Waals surface area contributed by atoms with Crippen LogP contribution in [0.15, 0.2) is 24.3 Å². The largest absolute Gasteiger partial charge is 0.494 e. The van der Waals surface area contributed by atoms with Gasteiger partial charge in [0.25, 0.3) is 0 Å². The molecule has 2 aromatic rings. The van der Waals surface area contributed by atoms with E-state index in [-0.39, 0.29) is 6.61 Å². The number of carbonyl (C=O) groups is 1. The molecule has 3 N–H and O–H groups in total. The Bertz CT molecular complexity index is 740. The van der Waals surface area contributed by atoms with Crippen LogP contribution in [0.3, 0.4) is 0 Å². The van der Waals surface area contributed by atoms with E-state index < -0.39 is 5.91 Å². The Hall–Kier alpha value is -2.38. The molecule has 134 valence electrons. The first-order valence-corrected chi connectivity index (χ1v) is 8.48. The first-order chi connectivity index (χ1) is 12.1. The number of hydrogen-bond donors (Lipinski definition) is 2. The number of nitrogens with zero attached hydrogens (tertiary/aromatic N) is 3. The molecule has 0 unspecified atom stereocenters. The second kappa shape index (κ2) is 7.67. The van der Waals surface area contributed by atoms with Crippen molar-refractivity contribution in [1.29, 1.82) is 0 Å². The quantitative estimate of drug-likeness (QED) is 0.726. The summed E-state index contributed by atoms with van der Waals surface area (Å²) in [6.45, 7) is 3.34. The summed E-state index contributed by atoms with van der Waals surface area (Å²) in [5.74, 6) is 0.300. The second-order valence-electron chi connectivity index (χ2n) is 6.27. The number of aliphatic hydroxyl groups is 1. The Labute approximate surface area is 147 Å². The molecular formula is C18H24N4O3. The van der Waals surface area contributed by atoms with Crippen molar-refractivity contribution >= 4 is 5.91 Å². The lowest BCUT2D eigenvalue weighted by Crippen LogP contribution is -2.32. The Morgan fingerprint density at radius 2 is 2.12 bits per heavy atom. The minimum atomic E-state index is -0.436. The number of aliphatic hydroxyl groups excluding tert-OH is 1. The average Bonchev–Trinajstić information content (AvgIpc) is 2.94. The molecule has 0 aliphatic carbocycles. The molecule has 0 saturated heterocycles. The molecule has 0 bridgehead atoms. The van der Waals surface area contributed by atoms with E-state index in [4.69, 9.17) is 10.5 Å². The fourth-order valence-corrected chi connectivity index (χ4v) is 3.24. The Kier molecular flexibility index (Phi) is 5.35. The number of benzene rings is 1. The molecule has 0 radical (unpaired) electrons. The average molecular weight is 344 g/mol. The zero-order valence-electron chi connectivity index (χ0n) is 14.4. The number of aryl methyl sites for hydroxylation is 1. The van der Waals surface area contributed by atoms with Crippen LogP contribution in [0.1, 0.15) is 33.7 Å². The van der Waals surface area contributed by atoms with Gasteiger partial charge in [-0.3, -0.25) is 14.4 Å². The van der Waals surface area contributed by atoms with Crippen LogP contribution in [-0.2, 0) is 26.6 Å². The number of aromatic nitrogens is 2. The minimum absolute atomic E-state index is 0.0125. The predicted molar refractivity (Wildman–Crippen MR) is 93.2 cm³/mol. The van der Waals surface area contributed by atoms with Gasteiger partial charge in [0.1, 0.15) is 5.75 Å². The number of ether oxygens (including phenoxy) is 1. The molecular weight excluding hydrogens is 320 g/mol. The van der Waals surface area contributed by atoms with Crippen LogP contribution in [-0.4, -0.2) is 45.4 Å². The number of hydrogen-bond acceptors (Lipinski definition) is 5. The van der Waals surface area contributed by atoms with Crippen LogP contribution in [0.4, 0.5) is 0 Å². The maximum Gasteiger partial charge on any atom is 0.248 e. The molecule has 7 heteroatoms. The highest BCUT2D eigenvalue weighted by Gasteiger charge is 2.23. The van der Waals surface area contributed by atoms with Crippen LogP contribution in [0, 0.1) is 0 Å². The smallest absolute Gasteiger partial charge is 0.248 e. The molecule has 0 atom stereocenters. The SMILES string of the molecule is Cn1nc(CO)c2c1CCN(CCCOc1ccc(C(N)=O)cc1)C2. The van der Waals surface area contributed by atoms with Gasteiger partial charge in [-0.15, -0.1) is 0 Å². The van der Waals surface area contributed by atoms with Gasteiger partial charge in [0.05, 0.1) is 18.9 Å². The van der Waals surface area contributed by atoms with Crippen LogP contribution in [0.2, 0.25) is 0 Å². The summed E-state index contributed by atoms with van der Waals surface area (Å²) < 4.78 is 7.60. The Balaban J connectivity index is 1.46. The zero-order valence-corrected chi connectivity index (χ0v) is 14.4. The highest BCUT2D eigenvalue weighted by atomic mass is 16.5. The fourth-order valence-electron chi connectivity index (χ4n) is 3.24. The van der Waals surface area contributed by atoms with Crippen LogP contribution in [0.25, 0.3) is 0 Å². The summed E-state index contributed by atoms with van der Waals surface area (Å²) in [5.41, 5.74) is 8.88. The fraction of sp³-hybridized carbons (Fsp3) is 0.444. The summed E-state index contributed by atoms with van der Waals surface area (Å²) in [6.07, 6.45) is 1.86. The van der Waals surface area contributed by atoms with Crippen molar-refractivity contribution in [2.24, 2.45) is 12.8 Å². The topological polar surface area (TPSA) is 93.6 Å². The first-order valence-electron chi connectivity index (χ1n) is 8.48. The lowest BCUT2D eigenvalue weighted by Gasteiger charge is -2.27. The Morgan fingerprint density at radius 1 is 1.36 bits per heavy atom. The van der Waals surface area contributed by atoms with Gasteiger partial charge in [-0.25, -0.2) is 0 Å². The second-order valence-corrected chi connectivity index (χ2v) is 6.27. The lowest BCUT2D eigenvalue weighted by atomic mass is 10.1. The van der Waals surface area contributed by atoms with E-state index in [9.17, 15) is 9.90 Å². The van der Waals surface area contributed by atoms with Gasteiger partial charge >= 0.3 is 0 Å². The predicted octanol–water partition coefficient (Wildman–Crippen LogP) is 0.838. The highest BCUT2D eigenvalue weighted by molar-refractivity contribution is 5.92. The molecule has 2 heterocycles. The van der Waals surface area contributed by atoms with Crippen molar-refractivity contribution in [3.8, 4) is 5.75 Å². The van der Waals surface area contributed by atoms with E-state index in [1.54, 1.807) is 24.3 Å². The lowest BCUT2D eigenvalue weighted by molar-refractivity contribution is 0.1000. The summed E-state index contributed by atoms with van der Waals surface area (Å²) in [7, 11) is 1.94. The van der Waals surface area contributed by atoms with E-state index in [2.05, 4.69) is 10.00 Å². The molecule has 1 aromatic carbocycles. The number of primary amides is 1. The number of amides is 1. The molecule has 0 fully saturated rings. The maximum atomic E-state index is 11.0. The number of fused-ring (bicyclic) bond motifs is 1. The van der Waals surface area contributed by atoms with Crippen LogP contribution in [0.5, 0.6) is 5.75 Å². The van der Waals surface area contributed by atoms with Gasteiger partial charge in [-0.05, 0) is 30.7 Å². The molecule has 0 saturated carbocycles. The standard InChI is InChI=1S/C18H24N4O3/c1-21-17-7-9-22(11-15(17)16(12-23)20-21)8-2-10-25-14-5-3-13(4-6-14)18(19)24/h3-6,23H,2,7-12H2,1H3,(H2,19,24). The molecule has 25 heavy (non-hydrogen) atoms. The number of nitrogens with two attached hydrogens (primary N) is 1. The normalized spacial score (nSPS) is 14.3. The van der Waals surface area contributed by atoms with Crippen molar-refractivity contribution in [2.75, 3.05) is 19.7 Å². The van der Waals surface area contributed by atoms with Gasteiger partial charge < -0.3 is 15.6 Å². The monoisotopic (exact) mass is 344 g/mol. The molecule has 3 rings (SSSR count). The van der Waals surface area contributed by atoms with Crippen molar-refractivity contribution in [2.45, 2.75) is 26.0 Å². The number of rotatable bonds is 7. The molecule has 1 aliphatic rings.